The molecule has 0 aromatic carbocycles. The van der Waals surface area contributed by atoms with Crippen LogP contribution in [0.25, 0.3) is 0 Å². The van der Waals surface area contributed by atoms with Gasteiger partial charge in [0.25, 0.3) is 0 Å². The molecule has 1 atom stereocenters. The molecule has 0 bridgehead atoms. The summed E-state index contributed by atoms with van der Waals surface area (Å²) >= 11 is 0. The van der Waals surface area contributed by atoms with Crippen LogP contribution in [0.1, 0.15) is 26.7 Å². The van der Waals surface area contributed by atoms with Gasteiger partial charge < -0.3 is 15.2 Å². The van der Waals surface area contributed by atoms with Crippen molar-refractivity contribution in [1.82, 2.24) is 5.32 Å². The Morgan fingerprint density at radius 2 is 2.07 bits per heavy atom. The van der Waals surface area contributed by atoms with Crippen molar-refractivity contribution in [3.05, 3.63) is 0 Å². The van der Waals surface area contributed by atoms with Crippen molar-refractivity contribution in [3.63, 3.8) is 0 Å². The van der Waals surface area contributed by atoms with Crippen molar-refractivity contribution in [3.8, 4) is 0 Å². The highest BCUT2D eigenvalue weighted by Gasteiger charge is 2.16. The minimum atomic E-state index is -1.00. The predicted molar refractivity (Wildman–Crippen MR) is 51.0 cm³/mol. The second-order valence-corrected chi connectivity index (χ2v) is 2.81. The van der Waals surface area contributed by atoms with E-state index in [4.69, 9.17) is 9.84 Å². The van der Waals surface area contributed by atoms with Crippen LogP contribution < -0.4 is 5.32 Å². The number of rotatable bonds is 7. The molecular formula is C9H17NO4. The van der Waals surface area contributed by atoms with E-state index in [1.54, 1.807) is 6.92 Å². The zero-order valence-electron chi connectivity index (χ0n) is 8.58. The smallest absolute Gasteiger partial charge is 0.326 e. The maximum atomic E-state index is 11.1. The molecule has 0 aliphatic carbocycles. The third-order valence-corrected chi connectivity index (χ3v) is 1.72. The van der Waals surface area contributed by atoms with Crippen molar-refractivity contribution < 1.29 is 19.4 Å². The Morgan fingerprint density at radius 1 is 1.43 bits per heavy atom. The van der Waals surface area contributed by atoms with Gasteiger partial charge in [0, 0.05) is 13.0 Å². The van der Waals surface area contributed by atoms with Crippen LogP contribution in [0.4, 0.5) is 0 Å². The number of nitrogens with one attached hydrogen (secondary N) is 1. The lowest BCUT2D eigenvalue weighted by Crippen LogP contribution is -2.40. The maximum Gasteiger partial charge on any atom is 0.326 e. The number of hydrogen-bond donors (Lipinski definition) is 2. The van der Waals surface area contributed by atoms with Crippen LogP contribution in [0.15, 0.2) is 0 Å². The van der Waals surface area contributed by atoms with Crippen molar-refractivity contribution in [2.45, 2.75) is 32.7 Å². The Labute approximate surface area is 83.4 Å². The molecule has 2 N–H and O–H groups in total. The standard InChI is InChI=1S/C9H17NO4/c1-3-7(9(12)13)10-8(11)5-6-14-4-2/h7H,3-6H2,1-2H3,(H,10,11)(H,12,13)/t7-/m1/s1. The van der Waals surface area contributed by atoms with Gasteiger partial charge in [-0.15, -0.1) is 0 Å². The Kier molecular flexibility index (Phi) is 6.74. The number of ether oxygens (including phenoxy) is 1. The zero-order valence-corrected chi connectivity index (χ0v) is 8.58. The average molecular weight is 203 g/mol. The third-order valence-electron chi connectivity index (χ3n) is 1.72. The molecule has 82 valence electrons. The largest absolute Gasteiger partial charge is 0.480 e. The molecule has 0 radical (unpaired) electrons. The lowest BCUT2D eigenvalue weighted by Gasteiger charge is -2.11. The normalized spacial score (nSPS) is 12.1. The second kappa shape index (κ2) is 7.32. The third kappa shape index (κ3) is 5.53. The lowest BCUT2D eigenvalue weighted by atomic mass is 10.2. The summed E-state index contributed by atoms with van der Waals surface area (Å²) in [6.07, 6.45) is 0.591. The van der Waals surface area contributed by atoms with E-state index < -0.39 is 12.0 Å². The van der Waals surface area contributed by atoms with Crippen LogP contribution >= 0.6 is 0 Å². The van der Waals surface area contributed by atoms with Gasteiger partial charge in [-0.3, -0.25) is 4.79 Å². The van der Waals surface area contributed by atoms with Gasteiger partial charge in [-0.25, -0.2) is 4.79 Å². The molecule has 0 saturated heterocycles. The van der Waals surface area contributed by atoms with Crippen LogP contribution in [0, 0.1) is 0 Å². The van der Waals surface area contributed by atoms with E-state index >= 15 is 0 Å². The summed E-state index contributed by atoms with van der Waals surface area (Å²) in [5, 5.41) is 11.1. The summed E-state index contributed by atoms with van der Waals surface area (Å²) < 4.78 is 4.97. The van der Waals surface area contributed by atoms with Crippen LogP contribution in [0.5, 0.6) is 0 Å². The number of carbonyl (C=O) groups excluding carboxylic acids is 1. The van der Waals surface area contributed by atoms with E-state index in [0.29, 0.717) is 19.6 Å². The van der Waals surface area contributed by atoms with Crippen LogP contribution in [-0.2, 0) is 14.3 Å². The van der Waals surface area contributed by atoms with Crippen LogP contribution in [0.2, 0.25) is 0 Å². The fourth-order valence-corrected chi connectivity index (χ4v) is 0.914. The van der Waals surface area contributed by atoms with Gasteiger partial charge in [0.2, 0.25) is 5.91 Å². The van der Waals surface area contributed by atoms with Gasteiger partial charge in [-0.2, -0.15) is 0 Å². The minimum absolute atomic E-state index is 0.206. The molecule has 0 aromatic rings. The first-order valence-corrected chi connectivity index (χ1v) is 4.71. The van der Waals surface area contributed by atoms with Gasteiger partial charge in [0.05, 0.1) is 6.61 Å². The predicted octanol–water partition coefficient (Wildman–Crippen LogP) is 0.392. The van der Waals surface area contributed by atoms with Gasteiger partial charge in [-0.05, 0) is 13.3 Å². The van der Waals surface area contributed by atoms with E-state index in [1.807, 2.05) is 6.92 Å². The van der Waals surface area contributed by atoms with E-state index in [9.17, 15) is 9.59 Å². The Hall–Kier alpha value is -1.10. The number of amides is 1. The molecule has 0 saturated carbocycles. The Balaban J connectivity index is 3.74. The molecular weight excluding hydrogens is 186 g/mol. The van der Waals surface area contributed by atoms with Gasteiger partial charge in [0.1, 0.15) is 6.04 Å². The average Bonchev–Trinajstić information content (AvgIpc) is 2.14. The first-order chi connectivity index (χ1) is 6.61. The number of aliphatic carboxylic acids is 1. The van der Waals surface area contributed by atoms with E-state index in [2.05, 4.69) is 5.32 Å². The Morgan fingerprint density at radius 3 is 2.50 bits per heavy atom. The molecule has 0 heterocycles. The summed E-state index contributed by atoms with van der Waals surface area (Å²) in [5.41, 5.74) is 0. The number of hydrogen-bond acceptors (Lipinski definition) is 3. The second-order valence-electron chi connectivity index (χ2n) is 2.81. The van der Waals surface area contributed by atoms with E-state index in [0.717, 1.165) is 0 Å². The summed E-state index contributed by atoms with van der Waals surface area (Å²) in [6, 6.07) is -0.788. The highest BCUT2D eigenvalue weighted by Crippen LogP contribution is 1.92. The van der Waals surface area contributed by atoms with Crippen molar-refractivity contribution in [1.29, 1.82) is 0 Å². The maximum absolute atomic E-state index is 11.1. The fourth-order valence-electron chi connectivity index (χ4n) is 0.914. The zero-order chi connectivity index (χ0) is 11.0. The fraction of sp³-hybridized carbons (Fsp3) is 0.778. The molecule has 0 aliphatic rings. The lowest BCUT2D eigenvalue weighted by molar-refractivity contribution is -0.142. The first kappa shape index (κ1) is 12.9. The summed E-state index contributed by atoms with van der Waals surface area (Å²) in [6.45, 7) is 4.44. The molecule has 14 heavy (non-hydrogen) atoms. The topological polar surface area (TPSA) is 75.6 Å². The quantitative estimate of drug-likeness (QED) is 0.587. The molecule has 5 nitrogen and oxygen atoms in total. The molecule has 0 fully saturated rings. The van der Waals surface area contributed by atoms with E-state index in [1.165, 1.54) is 0 Å². The molecule has 5 heteroatoms. The first-order valence-electron chi connectivity index (χ1n) is 4.71. The Bertz CT molecular complexity index is 193. The molecule has 0 aromatic heterocycles. The molecule has 0 rings (SSSR count). The number of carbonyl (C=O) groups is 2. The van der Waals surface area contributed by atoms with Crippen LogP contribution in [0.3, 0.4) is 0 Å². The summed E-state index contributed by atoms with van der Waals surface area (Å²) in [4.78, 5) is 21.7. The molecule has 1 amide bonds. The number of carboxylic acid groups (broad SMARTS) is 1. The molecule has 0 spiro atoms. The highest BCUT2D eigenvalue weighted by molar-refractivity contribution is 5.83. The minimum Gasteiger partial charge on any atom is -0.480 e. The van der Waals surface area contributed by atoms with Crippen molar-refractivity contribution in [2.75, 3.05) is 13.2 Å². The SMILES string of the molecule is CCOCCC(=O)N[C@H](CC)C(=O)O. The van der Waals surface area contributed by atoms with Gasteiger partial charge >= 0.3 is 5.97 Å². The van der Waals surface area contributed by atoms with Crippen LogP contribution in [-0.4, -0.2) is 36.2 Å². The number of carboxylic acids is 1. The van der Waals surface area contributed by atoms with Crippen molar-refractivity contribution in [2.24, 2.45) is 0 Å². The molecule has 0 aliphatic heterocycles. The summed E-state index contributed by atoms with van der Waals surface area (Å²) in [7, 11) is 0. The van der Waals surface area contributed by atoms with Gasteiger partial charge in [-0.1, -0.05) is 6.92 Å². The molecule has 0 unspecified atom stereocenters. The highest BCUT2D eigenvalue weighted by atomic mass is 16.5. The monoisotopic (exact) mass is 203 g/mol. The van der Waals surface area contributed by atoms with Gasteiger partial charge in [0.15, 0.2) is 0 Å². The van der Waals surface area contributed by atoms with Crippen molar-refractivity contribution >= 4 is 11.9 Å². The summed E-state index contributed by atoms with van der Waals surface area (Å²) in [5.74, 6) is -1.29. The van der Waals surface area contributed by atoms with E-state index in [-0.39, 0.29) is 12.3 Å².